The van der Waals surface area contributed by atoms with Gasteiger partial charge in [0.1, 0.15) is 0 Å². The van der Waals surface area contributed by atoms with Crippen molar-refractivity contribution in [3.05, 3.63) is 63.4 Å². The monoisotopic (exact) mass is 376 g/mol. The zero-order chi connectivity index (χ0) is 17.1. The van der Waals surface area contributed by atoms with Crippen molar-refractivity contribution in [3.63, 3.8) is 0 Å². The van der Waals surface area contributed by atoms with Gasteiger partial charge in [-0.05, 0) is 43.0 Å². The number of aryl methyl sites for hydroxylation is 1. The van der Waals surface area contributed by atoms with Crippen molar-refractivity contribution < 1.29 is 0 Å². The lowest BCUT2D eigenvalue weighted by atomic mass is 10.2. The first-order chi connectivity index (χ1) is 11.6. The van der Waals surface area contributed by atoms with E-state index in [4.69, 9.17) is 16.6 Å². The summed E-state index contributed by atoms with van der Waals surface area (Å²) < 4.78 is 1.72. The minimum absolute atomic E-state index is 0.0578. The lowest BCUT2D eigenvalue weighted by Gasteiger charge is -2.15. The van der Waals surface area contributed by atoms with Crippen LogP contribution in [0, 0.1) is 6.92 Å². The zero-order valence-electron chi connectivity index (χ0n) is 13.5. The SMILES string of the molecule is CSCCSc1nc2cc(Cl)ccc2c(=O)n1-c1ccccc1C. The lowest BCUT2D eigenvalue weighted by molar-refractivity contribution is 0.815. The molecular formula is C18H17ClN2OS2. The predicted molar refractivity (Wildman–Crippen MR) is 106 cm³/mol. The van der Waals surface area contributed by atoms with E-state index < -0.39 is 0 Å². The van der Waals surface area contributed by atoms with E-state index in [2.05, 4.69) is 6.26 Å². The van der Waals surface area contributed by atoms with Crippen LogP contribution in [0.3, 0.4) is 0 Å². The second-order valence-electron chi connectivity index (χ2n) is 5.32. The van der Waals surface area contributed by atoms with Crippen LogP contribution in [0.4, 0.5) is 0 Å². The van der Waals surface area contributed by atoms with Crippen LogP contribution < -0.4 is 5.56 Å². The Morgan fingerprint density at radius 3 is 2.71 bits per heavy atom. The standard InChI is InChI=1S/C18H17ClN2OS2/c1-12-5-3-4-6-16(12)21-17(22)14-8-7-13(19)11-15(14)20-18(21)24-10-9-23-2/h3-8,11H,9-10H2,1-2H3. The molecule has 124 valence electrons. The molecule has 3 aromatic rings. The van der Waals surface area contributed by atoms with Gasteiger partial charge in [-0.1, -0.05) is 41.6 Å². The molecule has 1 aromatic heterocycles. The number of fused-ring (bicyclic) bond motifs is 1. The first-order valence-electron chi connectivity index (χ1n) is 7.52. The molecule has 1 heterocycles. The Balaban J connectivity index is 2.26. The van der Waals surface area contributed by atoms with Crippen LogP contribution in [0.25, 0.3) is 16.6 Å². The third-order valence-electron chi connectivity index (χ3n) is 3.68. The van der Waals surface area contributed by atoms with E-state index >= 15 is 0 Å². The van der Waals surface area contributed by atoms with Crippen LogP contribution in [0.1, 0.15) is 5.56 Å². The topological polar surface area (TPSA) is 34.9 Å². The highest BCUT2D eigenvalue weighted by Crippen LogP contribution is 2.24. The molecule has 0 atom stereocenters. The molecular weight excluding hydrogens is 360 g/mol. The Labute approximate surface area is 154 Å². The number of benzene rings is 2. The number of thioether (sulfide) groups is 2. The number of nitrogens with zero attached hydrogens (tertiary/aromatic N) is 2. The molecule has 0 aliphatic rings. The van der Waals surface area contributed by atoms with Crippen molar-refractivity contribution in [1.29, 1.82) is 0 Å². The van der Waals surface area contributed by atoms with Crippen LogP contribution in [0.5, 0.6) is 0 Å². The van der Waals surface area contributed by atoms with Crippen LogP contribution in [0.15, 0.2) is 52.4 Å². The molecule has 3 nitrogen and oxygen atoms in total. The van der Waals surface area contributed by atoms with Crippen molar-refractivity contribution >= 4 is 46.0 Å². The van der Waals surface area contributed by atoms with E-state index in [9.17, 15) is 4.79 Å². The normalized spacial score (nSPS) is 11.1. The van der Waals surface area contributed by atoms with Gasteiger partial charge in [0.05, 0.1) is 16.6 Å². The van der Waals surface area contributed by atoms with E-state index in [1.54, 1.807) is 46.3 Å². The molecule has 0 unspecified atom stereocenters. The fourth-order valence-electron chi connectivity index (χ4n) is 2.48. The maximum Gasteiger partial charge on any atom is 0.266 e. The largest absolute Gasteiger partial charge is 0.268 e. The third-order valence-corrected chi connectivity index (χ3v) is 5.72. The summed E-state index contributed by atoms with van der Waals surface area (Å²) >= 11 is 9.45. The lowest BCUT2D eigenvalue weighted by Crippen LogP contribution is -2.22. The average molecular weight is 377 g/mol. The van der Waals surface area contributed by atoms with Gasteiger partial charge in [0.25, 0.3) is 5.56 Å². The van der Waals surface area contributed by atoms with Gasteiger partial charge < -0.3 is 0 Å². The van der Waals surface area contributed by atoms with E-state index in [1.807, 2.05) is 31.2 Å². The maximum atomic E-state index is 13.1. The number of halogens is 1. The first kappa shape index (κ1) is 17.4. The van der Waals surface area contributed by atoms with Gasteiger partial charge in [-0.2, -0.15) is 11.8 Å². The van der Waals surface area contributed by atoms with Crippen LogP contribution in [0.2, 0.25) is 5.02 Å². The molecule has 0 bridgehead atoms. The summed E-state index contributed by atoms with van der Waals surface area (Å²) in [5, 5.41) is 1.87. The quantitative estimate of drug-likeness (QED) is 0.364. The summed E-state index contributed by atoms with van der Waals surface area (Å²) in [6.45, 7) is 2.00. The van der Waals surface area contributed by atoms with Crippen LogP contribution >= 0.6 is 35.1 Å². The van der Waals surface area contributed by atoms with E-state index in [0.717, 1.165) is 22.8 Å². The molecule has 0 radical (unpaired) electrons. The van der Waals surface area contributed by atoms with Gasteiger partial charge in [0.15, 0.2) is 5.16 Å². The Kier molecular flexibility index (Phi) is 5.54. The molecule has 24 heavy (non-hydrogen) atoms. The number of rotatable bonds is 5. The molecule has 0 fully saturated rings. The summed E-state index contributed by atoms with van der Waals surface area (Å²) in [7, 11) is 0. The Hall–Kier alpha value is -1.43. The number of para-hydroxylation sites is 1. The average Bonchev–Trinajstić information content (AvgIpc) is 2.56. The van der Waals surface area contributed by atoms with Gasteiger partial charge in [-0.3, -0.25) is 9.36 Å². The van der Waals surface area contributed by atoms with Gasteiger partial charge in [0.2, 0.25) is 0 Å². The smallest absolute Gasteiger partial charge is 0.266 e. The highest BCUT2D eigenvalue weighted by molar-refractivity contribution is 8.02. The summed E-state index contributed by atoms with van der Waals surface area (Å²) in [5.41, 5.74) is 2.50. The highest BCUT2D eigenvalue weighted by Gasteiger charge is 2.14. The van der Waals surface area contributed by atoms with Crippen molar-refractivity contribution in [2.24, 2.45) is 0 Å². The number of aromatic nitrogens is 2. The van der Waals surface area contributed by atoms with Crippen LogP contribution in [-0.4, -0.2) is 27.3 Å². The molecule has 0 N–H and O–H groups in total. The van der Waals surface area contributed by atoms with Crippen molar-refractivity contribution in [2.45, 2.75) is 12.1 Å². The minimum Gasteiger partial charge on any atom is -0.268 e. The maximum absolute atomic E-state index is 13.1. The van der Waals surface area contributed by atoms with E-state index in [0.29, 0.717) is 21.1 Å². The summed E-state index contributed by atoms with van der Waals surface area (Å²) in [5.74, 6) is 1.90. The Morgan fingerprint density at radius 2 is 1.96 bits per heavy atom. The fourth-order valence-corrected chi connectivity index (χ4v) is 4.30. The summed E-state index contributed by atoms with van der Waals surface area (Å²) in [6.07, 6.45) is 2.07. The van der Waals surface area contributed by atoms with Crippen molar-refractivity contribution in [3.8, 4) is 5.69 Å². The number of hydrogen-bond donors (Lipinski definition) is 0. The molecule has 3 rings (SSSR count). The molecule has 0 saturated carbocycles. The summed E-state index contributed by atoms with van der Waals surface area (Å²) in [6, 6.07) is 13.1. The molecule has 0 aliphatic carbocycles. The molecule has 0 spiro atoms. The Bertz CT molecular complexity index is 940. The second-order valence-corrected chi connectivity index (χ2v) is 7.81. The number of hydrogen-bond acceptors (Lipinski definition) is 4. The van der Waals surface area contributed by atoms with Gasteiger partial charge >= 0.3 is 0 Å². The molecule has 0 aliphatic heterocycles. The minimum atomic E-state index is -0.0578. The summed E-state index contributed by atoms with van der Waals surface area (Å²) in [4.78, 5) is 17.8. The third kappa shape index (κ3) is 3.48. The van der Waals surface area contributed by atoms with Crippen LogP contribution in [-0.2, 0) is 0 Å². The molecule has 6 heteroatoms. The fraction of sp³-hybridized carbons (Fsp3) is 0.222. The predicted octanol–water partition coefficient (Wildman–Crippen LogP) is 4.80. The molecule has 0 saturated heterocycles. The van der Waals surface area contributed by atoms with Crippen molar-refractivity contribution in [1.82, 2.24) is 9.55 Å². The molecule has 2 aromatic carbocycles. The highest BCUT2D eigenvalue weighted by atomic mass is 35.5. The zero-order valence-corrected chi connectivity index (χ0v) is 15.8. The second kappa shape index (κ2) is 7.64. The van der Waals surface area contributed by atoms with E-state index in [1.165, 1.54) is 0 Å². The first-order valence-corrected chi connectivity index (χ1v) is 10.3. The Morgan fingerprint density at radius 1 is 1.17 bits per heavy atom. The van der Waals surface area contributed by atoms with Gasteiger partial charge in [0, 0.05) is 16.5 Å². The molecule has 0 amide bonds. The van der Waals surface area contributed by atoms with Gasteiger partial charge in [-0.25, -0.2) is 4.98 Å². The van der Waals surface area contributed by atoms with E-state index in [-0.39, 0.29) is 5.56 Å². The van der Waals surface area contributed by atoms with Gasteiger partial charge in [-0.15, -0.1) is 0 Å². The van der Waals surface area contributed by atoms with Crippen molar-refractivity contribution in [2.75, 3.05) is 17.8 Å².